The Morgan fingerprint density at radius 3 is 2.73 bits per heavy atom. The van der Waals surface area contributed by atoms with E-state index in [4.69, 9.17) is 9.47 Å². The van der Waals surface area contributed by atoms with Gasteiger partial charge in [0.1, 0.15) is 12.2 Å². The summed E-state index contributed by atoms with van der Waals surface area (Å²) in [5, 5.41) is 9.35. The van der Waals surface area contributed by atoms with Crippen LogP contribution in [0, 0.1) is 0 Å². The van der Waals surface area contributed by atoms with Gasteiger partial charge in [0.05, 0.1) is 6.61 Å². The number of hydrogen-bond acceptors (Lipinski definition) is 4. The van der Waals surface area contributed by atoms with E-state index in [9.17, 15) is 9.90 Å². The topological polar surface area (TPSA) is 55.8 Å². The first-order valence-electron chi connectivity index (χ1n) is 4.76. The van der Waals surface area contributed by atoms with Crippen LogP contribution in [0.3, 0.4) is 0 Å². The number of aldehydes is 1. The molecule has 0 bridgehead atoms. The molecule has 2 rings (SSSR count). The van der Waals surface area contributed by atoms with E-state index >= 15 is 0 Å². The molecule has 1 unspecified atom stereocenters. The van der Waals surface area contributed by atoms with Gasteiger partial charge in [0.25, 0.3) is 0 Å². The molecular weight excluding hydrogens is 196 g/mol. The summed E-state index contributed by atoms with van der Waals surface area (Å²) < 4.78 is 10.6. The molecule has 1 aromatic rings. The molecule has 0 aliphatic carbocycles. The Morgan fingerprint density at radius 1 is 1.33 bits per heavy atom. The molecule has 1 aromatic carbocycles. The summed E-state index contributed by atoms with van der Waals surface area (Å²) in [5.74, 6) is 0. The minimum Gasteiger partial charge on any atom is -0.388 e. The van der Waals surface area contributed by atoms with Crippen molar-refractivity contribution in [3.63, 3.8) is 0 Å². The molecule has 80 valence electrons. The molecule has 0 amide bonds. The van der Waals surface area contributed by atoms with E-state index in [1.54, 1.807) is 0 Å². The van der Waals surface area contributed by atoms with Gasteiger partial charge in [-0.3, -0.25) is 0 Å². The molecule has 1 fully saturated rings. The van der Waals surface area contributed by atoms with Crippen LogP contribution in [0.25, 0.3) is 0 Å². The van der Waals surface area contributed by atoms with Crippen LogP contribution >= 0.6 is 0 Å². The summed E-state index contributed by atoms with van der Waals surface area (Å²) in [7, 11) is 0. The normalized spacial score (nSPS) is 31.1. The van der Waals surface area contributed by atoms with Crippen molar-refractivity contribution in [2.45, 2.75) is 18.5 Å². The lowest BCUT2D eigenvalue weighted by atomic mass is 10.1. The number of hydrogen-bond donors (Lipinski definition) is 1. The molecule has 0 radical (unpaired) electrons. The lowest BCUT2D eigenvalue weighted by Gasteiger charge is -2.31. The van der Waals surface area contributed by atoms with Crippen molar-refractivity contribution in [3.05, 3.63) is 35.9 Å². The Balaban J connectivity index is 2.09. The second-order valence-corrected chi connectivity index (χ2v) is 3.38. The summed E-state index contributed by atoms with van der Waals surface area (Å²) in [6, 6.07) is 9.32. The highest BCUT2D eigenvalue weighted by atomic mass is 16.7. The van der Waals surface area contributed by atoms with Gasteiger partial charge in [0.15, 0.2) is 12.6 Å². The van der Waals surface area contributed by atoms with E-state index in [2.05, 4.69) is 0 Å². The third-order valence-corrected chi connectivity index (χ3v) is 2.28. The Hall–Kier alpha value is -1.23. The van der Waals surface area contributed by atoms with Gasteiger partial charge >= 0.3 is 0 Å². The van der Waals surface area contributed by atoms with E-state index in [-0.39, 0.29) is 6.61 Å². The second-order valence-electron chi connectivity index (χ2n) is 3.38. The maximum atomic E-state index is 10.6. The molecule has 15 heavy (non-hydrogen) atoms. The Kier molecular flexibility index (Phi) is 3.11. The van der Waals surface area contributed by atoms with Crippen molar-refractivity contribution >= 4 is 6.29 Å². The van der Waals surface area contributed by atoms with Crippen LogP contribution in [0.4, 0.5) is 0 Å². The van der Waals surface area contributed by atoms with Gasteiger partial charge in [0, 0.05) is 5.56 Å². The van der Waals surface area contributed by atoms with Crippen LogP contribution in [0.1, 0.15) is 11.9 Å². The maximum Gasteiger partial charge on any atom is 0.184 e. The number of rotatable bonds is 2. The molecule has 4 heteroatoms. The summed E-state index contributed by atoms with van der Waals surface area (Å²) in [5.41, 5.74) is 0.844. The molecule has 1 saturated heterocycles. The van der Waals surface area contributed by atoms with E-state index < -0.39 is 18.5 Å². The zero-order valence-electron chi connectivity index (χ0n) is 8.08. The highest BCUT2D eigenvalue weighted by molar-refractivity contribution is 5.57. The lowest BCUT2D eigenvalue weighted by Crippen LogP contribution is -2.41. The number of ether oxygens (including phenoxy) is 2. The SMILES string of the molecule is O=CC1O[C@H](c2ccccc2)OC[C@H]1O. The van der Waals surface area contributed by atoms with Crippen LogP contribution in [0.15, 0.2) is 30.3 Å². The molecular formula is C11H12O4. The first-order chi connectivity index (χ1) is 7.31. The Labute approximate surface area is 87.4 Å². The first kappa shape index (κ1) is 10.3. The predicted octanol–water partition coefficient (Wildman–Crippen LogP) is 0.660. The standard InChI is InChI=1S/C11H12O4/c12-6-10-9(13)7-14-11(15-10)8-4-2-1-3-5-8/h1-6,9-11,13H,7H2/t9-,10?,11-/m1/s1. The van der Waals surface area contributed by atoms with Crippen molar-refractivity contribution in [1.82, 2.24) is 0 Å². The van der Waals surface area contributed by atoms with E-state index in [1.807, 2.05) is 30.3 Å². The molecule has 3 atom stereocenters. The predicted molar refractivity (Wildman–Crippen MR) is 52.1 cm³/mol. The molecule has 1 N–H and O–H groups in total. The molecule has 0 spiro atoms. The van der Waals surface area contributed by atoms with Crippen LogP contribution in [-0.4, -0.2) is 30.2 Å². The minimum atomic E-state index is -0.873. The van der Waals surface area contributed by atoms with E-state index in [0.29, 0.717) is 6.29 Å². The average molecular weight is 208 g/mol. The lowest BCUT2D eigenvalue weighted by molar-refractivity contribution is -0.246. The Bertz CT molecular complexity index is 325. The third kappa shape index (κ3) is 2.23. The van der Waals surface area contributed by atoms with Gasteiger partial charge in [-0.25, -0.2) is 0 Å². The molecule has 0 saturated carbocycles. The zero-order valence-corrected chi connectivity index (χ0v) is 8.08. The maximum absolute atomic E-state index is 10.6. The average Bonchev–Trinajstić information content (AvgIpc) is 2.31. The number of aliphatic hydroxyl groups is 1. The monoisotopic (exact) mass is 208 g/mol. The van der Waals surface area contributed by atoms with Gasteiger partial charge in [0.2, 0.25) is 0 Å². The second kappa shape index (κ2) is 4.53. The summed E-state index contributed by atoms with van der Waals surface area (Å²) >= 11 is 0. The van der Waals surface area contributed by atoms with Crippen molar-refractivity contribution in [1.29, 1.82) is 0 Å². The number of carbonyl (C=O) groups is 1. The highest BCUT2D eigenvalue weighted by Crippen LogP contribution is 2.25. The number of aliphatic hydroxyl groups excluding tert-OH is 1. The Morgan fingerprint density at radius 2 is 2.07 bits per heavy atom. The van der Waals surface area contributed by atoms with Crippen LogP contribution in [0.2, 0.25) is 0 Å². The summed E-state index contributed by atoms with van der Waals surface area (Å²) in [4.78, 5) is 10.6. The number of carbonyl (C=O) groups excluding carboxylic acids is 1. The minimum absolute atomic E-state index is 0.114. The zero-order chi connectivity index (χ0) is 10.7. The van der Waals surface area contributed by atoms with Gasteiger partial charge in [-0.15, -0.1) is 0 Å². The largest absolute Gasteiger partial charge is 0.388 e. The number of benzene rings is 1. The first-order valence-corrected chi connectivity index (χ1v) is 4.76. The van der Waals surface area contributed by atoms with E-state index in [0.717, 1.165) is 5.56 Å². The van der Waals surface area contributed by atoms with Crippen LogP contribution in [0.5, 0.6) is 0 Å². The fourth-order valence-corrected chi connectivity index (χ4v) is 1.46. The van der Waals surface area contributed by atoms with E-state index in [1.165, 1.54) is 0 Å². The smallest absolute Gasteiger partial charge is 0.184 e. The van der Waals surface area contributed by atoms with Crippen molar-refractivity contribution in [3.8, 4) is 0 Å². The summed E-state index contributed by atoms with van der Waals surface area (Å²) in [6.45, 7) is 0.114. The fourth-order valence-electron chi connectivity index (χ4n) is 1.46. The molecule has 1 aliphatic rings. The fraction of sp³-hybridized carbons (Fsp3) is 0.364. The highest BCUT2D eigenvalue weighted by Gasteiger charge is 2.30. The third-order valence-electron chi connectivity index (χ3n) is 2.28. The molecule has 1 aliphatic heterocycles. The van der Waals surface area contributed by atoms with Crippen molar-refractivity contribution in [2.75, 3.05) is 6.61 Å². The van der Waals surface area contributed by atoms with Gasteiger partial charge in [-0.2, -0.15) is 0 Å². The van der Waals surface area contributed by atoms with Crippen molar-refractivity contribution < 1.29 is 19.4 Å². The van der Waals surface area contributed by atoms with Crippen LogP contribution in [-0.2, 0) is 14.3 Å². The van der Waals surface area contributed by atoms with Gasteiger partial charge in [-0.1, -0.05) is 30.3 Å². The quantitative estimate of drug-likeness (QED) is 0.725. The van der Waals surface area contributed by atoms with Gasteiger partial charge < -0.3 is 19.4 Å². The van der Waals surface area contributed by atoms with Crippen molar-refractivity contribution in [2.24, 2.45) is 0 Å². The molecule has 1 heterocycles. The van der Waals surface area contributed by atoms with Crippen LogP contribution < -0.4 is 0 Å². The molecule has 0 aromatic heterocycles. The summed E-state index contributed by atoms with van der Waals surface area (Å²) in [6.07, 6.45) is -1.64. The van der Waals surface area contributed by atoms with Gasteiger partial charge in [-0.05, 0) is 0 Å². The molecule has 4 nitrogen and oxygen atoms in total.